The van der Waals surface area contributed by atoms with Crippen LogP contribution in [0, 0.1) is 0 Å². The predicted octanol–water partition coefficient (Wildman–Crippen LogP) is 4.03. The highest BCUT2D eigenvalue weighted by atomic mass is 32.1. The molecule has 0 radical (unpaired) electrons. The lowest BCUT2D eigenvalue weighted by atomic mass is 10.1. The highest BCUT2D eigenvalue weighted by Gasteiger charge is 2.20. The molecule has 0 aliphatic rings. The molecule has 0 atom stereocenters. The van der Waals surface area contributed by atoms with E-state index in [1.54, 1.807) is 0 Å². The van der Waals surface area contributed by atoms with Crippen LogP contribution in [-0.2, 0) is 13.1 Å². The van der Waals surface area contributed by atoms with E-state index in [0.29, 0.717) is 6.04 Å². The molecule has 0 aromatic carbocycles. The van der Waals surface area contributed by atoms with Crippen LogP contribution in [0.25, 0.3) is 0 Å². The Labute approximate surface area is 122 Å². The standard InChI is InChI=1S/C16H28N2S/c1-7-10-18(16(4,5)6)12-15-9-8-14(19-15)11-17-13(2)3/h7-9,13,17H,1,10-12H2,2-6H3. The first kappa shape index (κ1) is 16.4. The summed E-state index contributed by atoms with van der Waals surface area (Å²) in [5.74, 6) is 0. The molecule has 0 spiro atoms. The van der Waals surface area contributed by atoms with Gasteiger partial charge in [-0.1, -0.05) is 19.9 Å². The van der Waals surface area contributed by atoms with Gasteiger partial charge in [0.25, 0.3) is 0 Å². The van der Waals surface area contributed by atoms with Crippen LogP contribution < -0.4 is 5.32 Å². The smallest absolute Gasteiger partial charge is 0.0336 e. The predicted molar refractivity (Wildman–Crippen MR) is 86.7 cm³/mol. The summed E-state index contributed by atoms with van der Waals surface area (Å²) >= 11 is 1.91. The Hall–Kier alpha value is -0.640. The minimum Gasteiger partial charge on any atom is -0.310 e. The van der Waals surface area contributed by atoms with Gasteiger partial charge in [-0.25, -0.2) is 0 Å². The van der Waals surface area contributed by atoms with Crippen LogP contribution in [0.2, 0.25) is 0 Å². The molecule has 1 rings (SSSR count). The zero-order valence-corrected chi connectivity index (χ0v) is 13.8. The maximum absolute atomic E-state index is 3.86. The van der Waals surface area contributed by atoms with Crippen molar-refractivity contribution in [2.24, 2.45) is 0 Å². The van der Waals surface area contributed by atoms with Crippen molar-refractivity contribution in [2.75, 3.05) is 6.54 Å². The van der Waals surface area contributed by atoms with Crippen LogP contribution in [0.4, 0.5) is 0 Å². The van der Waals surface area contributed by atoms with Crippen molar-refractivity contribution in [3.8, 4) is 0 Å². The van der Waals surface area contributed by atoms with Crippen LogP contribution in [-0.4, -0.2) is 23.0 Å². The Morgan fingerprint density at radius 1 is 1.32 bits per heavy atom. The molecular formula is C16H28N2S. The van der Waals surface area contributed by atoms with E-state index in [0.717, 1.165) is 19.6 Å². The summed E-state index contributed by atoms with van der Waals surface area (Å²) in [5.41, 5.74) is 0.175. The summed E-state index contributed by atoms with van der Waals surface area (Å²) < 4.78 is 0. The molecule has 2 nitrogen and oxygen atoms in total. The van der Waals surface area contributed by atoms with Crippen molar-refractivity contribution in [1.29, 1.82) is 0 Å². The van der Waals surface area contributed by atoms with Crippen LogP contribution in [0.3, 0.4) is 0 Å². The zero-order valence-electron chi connectivity index (χ0n) is 13.0. The van der Waals surface area contributed by atoms with E-state index in [9.17, 15) is 0 Å². The summed E-state index contributed by atoms with van der Waals surface area (Å²) in [6.45, 7) is 17.9. The Balaban J connectivity index is 2.62. The molecule has 0 bridgehead atoms. The van der Waals surface area contributed by atoms with Crippen molar-refractivity contribution < 1.29 is 0 Å². The van der Waals surface area contributed by atoms with Crippen molar-refractivity contribution in [2.45, 2.75) is 59.3 Å². The van der Waals surface area contributed by atoms with Crippen molar-refractivity contribution in [1.82, 2.24) is 10.2 Å². The number of hydrogen-bond donors (Lipinski definition) is 1. The van der Waals surface area contributed by atoms with E-state index in [4.69, 9.17) is 0 Å². The van der Waals surface area contributed by atoms with Gasteiger partial charge >= 0.3 is 0 Å². The topological polar surface area (TPSA) is 15.3 Å². The van der Waals surface area contributed by atoms with E-state index < -0.39 is 0 Å². The highest BCUT2D eigenvalue weighted by molar-refractivity contribution is 7.11. The van der Waals surface area contributed by atoms with E-state index in [1.807, 2.05) is 17.4 Å². The molecule has 108 valence electrons. The SMILES string of the molecule is C=CCN(Cc1ccc(CNC(C)C)s1)C(C)(C)C. The molecule has 3 heteroatoms. The second-order valence-electron chi connectivity index (χ2n) is 6.24. The molecule has 0 unspecified atom stereocenters. The Bertz CT molecular complexity index is 388. The largest absolute Gasteiger partial charge is 0.310 e. The monoisotopic (exact) mass is 280 g/mol. The Morgan fingerprint density at radius 3 is 2.47 bits per heavy atom. The maximum Gasteiger partial charge on any atom is 0.0336 e. The minimum atomic E-state index is 0.175. The maximum atomic E-state index is 3.86. The molecule has 1 aromatic rings. The van der Waals surface area contributed by atoms with Gasteiger partial charge in [0.2, 0.25) is 0 Å². The highest BCUT2D eigenvalue weighted by Crippen LogP contribution is 2.22. The lowest BCUT2D eigenvalue weighted by Crippen LogP contribution is -2.40. The molecule has 1 heterocycles. The molecule has 1 aromatic heterocycles. The quantitative estimate of drug-likeness (QED) is 0.759. The molecule has 1 N–H and O–H groups in total. The Kier molecular flexibility index (Phi) is 6.24. The molecule has 0 aliphatic carbocycles. The van der Waals surface area contributed by atoms with Gasteiger partial charge in [0.15, 0.2) is 0 Å². The molecule has 0 amide bonds. The normalized spacial score (nSPS) is 12.4. The van der Waals surface area contributed by atoms with Gasteiger partial charge < -0.3 is 5.32 Å². The van der Waals surface area contributed by atoms with E-state index in [-0.39, 0.29) is 5.54 Å². The van der Waals surface area contributed by atoms with E-state index >= 15 is 0 Å². The van der Waals surface area contributed by atoms with Gasteiger partial charge in [0.1, 0.15) is 0 Å². The fourth-order valence-corrected chi connectivity index (χ4v) is 2.81. The van der Waals surface area contributed by atoms with Gasteiger partial charge in [-0.2, -0.15) is 0 Å². The lowest BCUT2D eigenvalue weighted by Gasteiger charge is -2.34. The van der Waals surface area contributed by atoms with Gasteiger partial charge in [-0.15, -0.1) is 17.9 Å². The molecule has 0 fully saturated rings. The van der Waals surface area contributed by atoms with Crippen LogP contribution in [0.1, 0.15) is 44.4 Å². The molecule has 0 saturated carbocycles. The first-order valence-corrected chi connectivity index (χ1v) is 7.81. The fraction of sp³-hybridized carbons (Fsp3) is 0.625. The van der Waals surface area contributed by atoms with Crippen molar-refractivity contribution in [3.63, 3.8) is 0 Å². The zero-order chi connectivity index (χ0) is 14.5. The summed E-state index contributed by atoms with van der Waals surface area (Å²) in [5, 5.41) is 3.46. The summed E-state index contributed by atoms with van der Waals surface area (Å²) in [7, 11) is 0. The van der Waals surface area contributed by atoms with Gasteiger partial charge in [0.05, 0.1) is 0 Å². The fourth-order valence-electron chi connectivity index (χ4n) is 1.83. The molecular weight excluding hydrogens is 252 g/mol. The summed E-state index contributed by atoms with van der Waals surface area (Å²) in [6, 6.07) is 5.03. The van der Waals surface area contributed by atoms with Crippen molar-refractivity contribution >= 4 is 11.3 Å². The number of nitrogens with zero attached hydrogens (tertiary/aromatic N) is 1. The lowest BCUT2D eigenvalue weighted by molar-refractivity contribution is 0.147. The van der Waals surface area contributed by atoms with Crippen molar-refractivity contribution in [3.05, 3.63) is 34.5 Å². The third-order valence-electron chi connectivity index (χ3n) is 3.05. The van der Waals surface area contributed by atoms with Gasteiger partial charge in [-0.05, 0) is 32.9 Å². The van der Waals surface area contributed by atoms with Crippen LogP contribution >= 0.6 is 11.3 Å². The van der Waals surface area contributed by atoms with E-state index in [1.165, 1.54) is 9.75 Å². The summed E-state index contributed by atoms with van der Waals surface area (Å²) in [4.78, 5) is 5.29. The third kappa shape index (κ3) is 5.89. The Morgan fingerprint density at radius 2 is 1.95 bits per heavy atom. The average Bonchev–Trinajstić information content (AvgIpc) is 2.72. The van der Waals surface area contributed by atoms with Crippen LogP contribution in [0.5, 0.6) is 0 Å². The van der Waals surface area contributed by atoms with Gasteiger partial charge in [-0.3, -0.25) is 4.90 Å². The number of nitrogens with one attached hydrogen (secondary N) is 1. The van der Waals surface area contributed by atoms with Crippen LogP contribution in [0.15, 0.2) is 24.8 Å². The second-order valence-corrected chi connectivity index (χ2v) is 7.50. The first-order valence-electron chi connectivity index (χ1n) is 7.00. The summed E-state index contributed by atoms with van der Waals surface area (Å²) in [6.07, 6.45) is 1.99. The molecule has 0 saturated heterocycles. The number of thiophene rings is 1. The molecule has 19 heavy (non-hydrogen) atoms. The average molecular weight is 280 g/mol. The number of hydrogen-bond acceptors (Lipinski definition) is 3. The molecule has 0 aliphatic heterocycles. The first-order chi connectivity index (χ1) is 8.82. The minimum absolute atomic E-state index is 0.175. The van der Waals surface area contributed by atoms with Gasteiger partial charge in [0, 0.05) is 41.0 Å². The number of rotatable bonds is 7. The second kappa shape index (κ2) is 7.22. The van der Waals surface area contributed by atoms with E-state index in [2.05, 4.69) is 63.5 Å². The third-order valence-corrected chi connectivity index (χ3v) is 4.12.